The smallest absolute Gasteiger partial charge is 0.160 e. The zero-order valence-electron chi connectivity index (χ0n) is 14.7. The van der Waals surface area contributed by atoms with Crippen molar-refractivity contribution in [1.29, 1.82) is 0 Å². The van der Waals surface area contributed by atoms with Gasteiger partial charge >= 0.3 is 0 Å². The second kappa shape index (κ2) is 6.53. The van der Waals surface area contributed by atoms with Crippen LogP contribution in [0.2, 0.25) is 0 Å². The summed E-state index contributed by atoms with van der Waals surface area (Å²) in [5, 5.41) is 3.67. The number of fused-ring (bicyclic) bond motifs is 2. The molecule has 1 aromatic carbocycles. The Balaban J connectivity index is 1.48. The molecular weight excluding hydrogens is 324 g/mol. The SMILES string of the molecule is c1ccc2[nH]c(Cn3c(CNC4CCCC4)nc4cccnc43)nc2c1. The molecule has 26 heavy (non-hydrogen) atoms. The first-order chi connectivity index (χ1) is 12.9. The van der Waals surface area contributed by atoms with Crippen molar-refractivity contribution >= 4 is 22.2 Å². The van der Waals surface area contributed by atoms with Crippen molar-refractivity contribution in [3.05, 3.63) is 54.2 Å². The number of aromatic nitrogens is 5. The van der Waals surface area contributed by atoms with Crippen LogP contribution in [0, 0.1) is 0 Å². The topological polar surface area (TPSA) is 71.4 Å². The van der Waals surface area contributed by atoms with E-state index in [4.69, 9.17) is 9.97 Å². The highest BCUT2D eigenvalue weighted by molar-refractivity contribution is 5.75. The van der Waals surface area contributed by atoms with Gasteiger partial charge in [0.15, 0.2) is 5.65 Å². The van der Waals surface area contributed by atoms with Crippen LogP contribution in [0.5, 0.6) is 0 Å². The lowest BCUT2D eigenvalue weighted by molar-refractivity contribution is 0.504. The second-order valence-electron chi connectivity index (χ2n) is 7.02. The van der Waals surface area contributed by atoms with Gasteiger partial charge in [-0.05, 0) is 37.1 Å². The molecule has 1 aliphatic rings. The van der Waals surface area contributed by atoms with Gasteiger partial charge in [0.05, 0.1) is 24.1 Å². The number of nitrogens with one attached hydrogen (secondary N) is 2. The molecule has 0 amide bonds. The maximum atomic E-state index is 4.82. The quantitative estimate of drug-likeness (QED) is 0.581. The standard InChI is InChI=1S/C20H22N6/c1-2-7-14(6-1)22-12-19-25-17-10-5-11-21-20(17)26(19)13-18-23-15-8-3-4-9-16(15)24-18/h3-5,8-11,14,22H,1-2,6-7,12-13H2,(H,23,24). The van der Waals surface area contributed by atoms with E-state index in [9.17, 15) is 0 Å². The lowest BCUT2D eigenvalue weighted by Crippen LogP contribution is -2.27. The molecule has 3 heterocycles. The van der Waals surface area contributed by atoms with Gasteiger partial charge in [-0.3, -0.25) is 0 Å². The molecule has 6 heteroatoms. The Morgan fingerprint density at radius 1 is 1.04 bits per heavy atom. The first-order valence-electron chi connectivity index (χ1n) is 9.34. The summed E-state index contributed by atoms with van der Waals surface area (Å²) in [6.45, 7) is 1.41. The van der Waals surface area contributed by atoms with E-state index in [0.717, 1.165) is 40.4 Å². The van der Waals surface area contributed by atoms with Crippen LogP contribution in [-0.4, -0.2) is 30.5 Å². The summed E-state index contributed by atoms with van der Waals surface area (Å²) in [4.78, 5) is 17.5. The van der Waals surface area contributed by atoms with E-state index in [-0.39, 0.29) is 0 Å². The Bertz CT molecular complexity index is 1010. The normalized spacial score (nSPS) is 15.4. The van der Waals surface area contributed by atoms with Gasteiger partial charge < -0.3 is 14.9 Å². The van der Waals surface area contributed by atoms with Crippen molar-refractivity contribution in [2.75, 3.05) is 0 Å². The maximum Gasteiger partial charge on any atom is 0.160 e. The third-order valence-corrected chi connectivity index (χ3v) is 5.23. The van der Waals surface area contributed by atoms with Gasteiger partial charge in [-0.15, -0.1) is 0 Å². The van der Waals surface area contributed by atoms with Gasteiger partial charge in [0.1, 0.15) is 17.2 Å². The van der Waals surface area contributed by atoms with Crippen molar-refractivity contribution in [3.8, 4) is 0 Å². The van der Waals surface area contributed by atoms with Crippen LogP contribution < -0.4 is 5.32 Å². The third-order valence-electron chi connectivity index (χ3n) is 5.23. The zero-order chi connectivity index (χ0) is 17.3. The number of nitrogens with zero attached hydrogens (tertiary/aromatic N) is 4. The number of hydrogen-bond acceptors (Lipinski definition) is 4. The minimum atomic E-state index is 0.613. The molecule has 1 saturated carbocycles. The fraction of sp³-hybridized carbons (Fsp3) is 0.350. The number of rotatable bonds is 5. The van der Waals surface area contributed by atoms with Crippen LogP contribution in [0.15, 0.2) is 42.6 Å². The minimum absolute atomic E-state index is 0.613. The van der Waals surface area contributed by atoms with E-state index in [1.54, 1.807) is 0 Å². The summed E-state index contributed by atoms with van der Waals surface area (Å²) in [5.41, 5.74) is 3.90. The number of imidazole rings is 2. The molecule has 4 aromatic rings. The fourth-order valence-corrected chi connectivity index (χ4v) is 3.90. The van der Waals surface area contributed by atoms with E-state index in [0.29, 0.717) is 12.6 Å². The largest absolute Gasteiger partial charge is 0.340 e. The van der Waals surface area contributed by atoms with Crippen molar-refractivity contribution in [2.45, 2.75) is 44.8 Å². The number of H-pyrrole nitrogens is 1. The number of aromatic amines is 1. The Kier molecular flexibility index (Phi) is 3.90. The monoisotopic (exact) mass is 346 g/mol. The summed E-state index contributed by atoms with van der Waals surface area (Å²) in [5.74, 6) is 1.95. The average molecular weight is 346 g/mol. The van der Waals surface area contributed by atoms with Crippen molar-refractivity contribution in [1.82, 2.24) is 29.8 Å². The van der Waals surface area contributed by atoms with Crippen LogP contribution in [0.3, 0.4) is 0 Å². The lowest BCUT2D eigenvalue weighted by Gasteiger charge is -2.12. The summed E-state index contributed by atoms with van der Waals surface area (Å²) < 4.78 is 2.18. The first-order valence-corrected chi connectivity index (χ1v) is 9.34. The molecule has 2 N–H and O–H groups in total. The number of pyridine rings is 1. The molecule has 6 nitrogen and oxygen atoms in total. The Morgan fingerprint density at radius 3 is 2.77 bits per heavy atom. The van der Waals surface area contributed by atoms with Gasteiger partial charge in [-0.25, -0.2) is 15.0 Å². The predicted molar refractivity (Wildman–Crippen MR) is 102 cm³/mol. The second-order valence-corrected chi connectivity index (χ2v) is 7.02. The summed E-state index contributed by atoms with van der Waals surface area (Å²) >= 11 is 0. The van der Waals surface area contributed by atoms with Crippen molar-refractivity contribution in [3.63, 3.8) is 0 Å². The van der Waals surface area contributed by atoms with Crippen molar-refractivity contribution in [2.24, 2.45) is 0 Å². The van der Waals surface area contributed by atoms with Gasteiger partial charge in [0.25, 0.3) is 0 Å². The molecular formula is C20H22N6. The van der Waals surface area contributed by atoms with Crippen molar-refractivity contribution < 1.29 is 0 Å². The molecule has 0 bridgehead atoms. The highest BCUT2D eigenvalue weighted by Gasteiger charge is 2.17. The van der Waals surface area contributed by atoms with E-state index >= 15 is 0 Å². The average Bonchev–Trinajstić information content (AvgIpc) is 3.39. The number of para-hydroxylation sites is 2. The van der Waals surface area contributed by atoms with Crippen LogP contribution in [0.25, 0.3) is 22.2 Å². The molecule has 3 aromatic heterocycles. The molecule has 0 atom stereocenters. The predicted octanol–water partition coefficient (Wildman–Crippen LogP) is 3.39. The zero-order valence-corrected chi connectivity index (χ0v) is 14.7. The molecule has 5 rings (SSSR count). The van der Waals surface area contributed by atoms with Crippen LogP contribution >= 0.6 is 0 Å². The maximum absolute atomic E-state index is 4.82. The summed E-state index contributed by atoms with van der Waals surface area (Å²) in [7, 11) is 0. The summed E-state index contributed by atoms with van der Waals surface area (Å²) in [6.07, 6.45) is 7.01. The Morgan fingerprint density at radius 2 is 1.88 bits per heavy atom. The van der Waals surface area contributed by atoms with E-state index < -0.39 is 0 Å². The van der Waals surface area contributed by atoms with Gasteiger partial charge in [-0.1, -0.05) is 25.0 Å². The number of hydrogen-bond donors (Lipinski definition) is 2. The molecule has 0 saturated heterocycles. The van der Waals surface area contributed by atoms with Crippen LogP contribution in [0.4, 0.5) is 0 Å². The van der Waals surface area contributed by atoms with Gasteiger partial charge in [0.2, 0.25) is 0 Å². The molecule has 0 unspecified atom stereocenters. The summed E-state index contributed by atoms with van der Waals surface area (Å²) in [6, 6.07) is 12.7. The molecule has 0 radical (unpaired) electrons. The van der Waals surface area contributed by atoms with Gasteiger partial charge in [0, 0.05) is 12.2 Å². The van der Waals surface area contributed by atoms with Gasteiger partial charge in [-0.2, -0.15) is 0 Å². The first kappa shape index (κ1) is 15.5. The molecule has 1 fully saturated rings. The van der Waals surface area contributed by atoms with Crippen LogP contribution in [0.1, 0.15) is 37.3 Å². The van der Waals surface area contributed by atoms with E-state index in [1.807, 2.05) is 36.5 Å². The Hall–Kier alpha value is -2.73. The molecule has 132 valence electrons. The Labute approximate surface area is 151 Å². The van der Waals surface area contributed by atoms with E-state index in [1.165, 1.54) is 25.7 Å². The van der Waals surface area contributed by atoms with E-state index in [2.05, 4.69) is 25.9 Å². The molecule has 0 spiro atoms. The lowest BCUT2D eigenvalue weighted by atomic mass is 10.2. The fourth-order valence-electron chi connectivity index (χ4n) is 3.90. The highest BCUT2D eigenvalue weighted by atomic mass is 15.2. The number of benzene rings is 1. The molecule has 0 aliphatic heterocycles. The highest BCUT2D eigenvalue weighted by Crippen LogP contribution is 2.20. The third kappa shape index (κ3) is 2.86. The minimum Gasteiger partial charge on any atom is -0.340 e. The van der Waals surface area contributed by atoms with Crippen LogP contribution in [-0.2, 0) is 13.1 Å². The molecule has 1 aliphatic carbocycles.